The van der Waals surface area contributed by atoms with Gasteiger partial charge >= 0.3 is 0 Å². The second kappa shape index (κ2) is 6.66. The molecule has 6 heteroatoms. The van der Waals surface area contributed by atoms with Gasteiger partial charge in [-0.15, -0.1) is 0 Å². The molecule has 0 atom stereocenters. The zero-order chi connectivity index (χ0) is 16.3. The van der Waals surface area contributed by atoms with Crippen molar-refractivity contribution in [3.63, 3.8) is 0 Å². The predicted octanol–water partition coefficient (Wildman–Crippen LogP) is 0.642. The summed E-state index contributed by atoms with van der Waals surface area (Å²) in [5.74, 6) is -0.124. The van der Waals surface area contributed by atoms with Crippen molar-refractivity contribution in [3.05, 3.63) is 30.1 Å². The maximum absolute atomic E-state index is 12.8. The molecule has 1 aromatic heterocycles. The molecule has 0 aromatic carbocycles. The summed E-state index contributed by atoms with van der Waals surface area (Å²) in [6.07, 6.45) is 4.76. The quantitative estimate of drug-likeness (QED) is 0.810. The molecule has 1 aromatic rings. The summed E-state index contributed by atoms with van der Waals surface area (Å²) >= 11 is 0. The lowest BCUT2D eigenvalue weighted by Crippen LogP contribution is -2.53. The zero-order valence-corrected chi connectivity index (χ0v) is 13.6. The van der Waals surface area contributed by atoms with Gasteiger partial charge in [0.2, 0.25) is 11.8 Å². The Bertz CT molecular complexity index is 563. The molecule has 2 fully saturated rings. The number of hydrogen-bond donors (Lipinski definition) is 1. The van der Waals surface area contributed by atoms with Gasteiger partial charge in [0.1, 0.15) is 5.41 Å². The lowest BCUT2D eigenvalue weighted by atomic mass is 10.0. The van der Waals surface area contributed by atoms with E-state index < -0.39 is 5.41 Å². The average Bonchev–Trinajstić information content (AvgIpc) is 3.42. The van der Waals surface area contributed by atoms with E-state index in [4.69, 9.17) is 0 Å². The summed E-state index contributed by atoms with van der Waals surface area (Å²) in [6, 6.07) is 3.76. The molecule has 1 N–H and O–H groups in total. The number of hydrogen-bond acceptors (Lipinski definition) is 4. The molecule has 2 aliphatic rings. The number of amides is 2. The Hall–Kier alpha value is -1.95. The molecular formula is C17H24N4O2. The van der Waals surface area contributed by atoms with Crippen molar-refractivity contribution in [1.29, 1.82) is 0 Å². The number of aromatic nitrogens is 1. The normalized spacial score (nSPS) is 20.1. The van der Waals surface area contributed by atoms with Gasteiger partial charge in [-0.25, -0.2) is 0 Å². The van der Waals surface area contributed by atoms with Gasteiger partial charge in [-0.2, -0.15) is 0 Å². The van der Waals surface area contributed by atoms with Crippen LogP contribution < -0.4 is 5.32 Å². The summed E-state index contributed by atoms with van der Waals surface area (Å²) in [6.45, 7) is 6.82. The van der Waals surface area contributed by atoms with Crippen LogP contribution >= 0.6 is 0 Å². The fourth-order valence-electron chi connectivity index (χ4n) is 3.09. The van der Waals surface area contributed by atoms with Crippen LogP contribution in [-0.2, 0) is 16.1 Å². The van der Waals surface area contributed by atoms with Crippen LogP contribution in [0, 0.1) is 5.41 Å². The molecule has 0 spiro atoms. The number of pyridine rings is 1. The average molecular weight is 316 g/mol. The molecular weight excluding hydrogens is 292 g/mol. The highest BCUT2D eigenvalue weighted by Crippen LogP contribution is 2.47. The number of piperazine rings is 1. The third-order valence-electron chi connectivity index (χ3n) is 4.88. The van der Waals surface area contributed by atoms with Crippen LogP contribution in [0.1, 0.15) is 25.3 Å². The van der Waals surface area contributed by atoms with Gasteiger partial charge in [-0.05, 0) is 31.0 Å². The Kier molecular flexibility index (Phi) is 4.61. The molecule has 0 unspecified atom stereocenters. The van der Waals surface area contributed by atoms with Gasteiger partial charge in [0.05, 0.1) is 0 Å². The number of nitrogens with one attached hydrogen (secondary N) is 1. The minimum Gasteiger partial charge on any atom is -0.351 e. The van der Waals surface area contributed by atoms with Gasteiger partial charge in [0, 0.05) is 45.1 Å². The number of carbonyl (C=O) groups is 2. The smallest absolute Gasteiger partial charge is 0.238 e. The van der Waals surface area contributed by atoms with E-state index in [0.29, 0.717) is 19.4 Å². The van der Waals surface area contributed by atoms with E-state index in [-0.39, 0.29) is 11.8 Å². The standard InChI is InChI=1S/C17H24N4O2/c1-2-20-8-10-21(11-9-20)16(23)17(5-6-17)15(22)19-13-14-4-3-7-18-12-14/h3-4,7,12H,2,5-6,8-11,13H2,1H3,(H,19,22). The Morgan fingerprint density at radius 3 is 2.57 bits per heavy atom. The Morgan fingerprint density at radius 2 is 2.00 bits per heavy atom. The first-order valence-corrected chi connectivity index (χ1v) is 8.34. The Labute approximate surface area is 136 Å². The monoisotopic (exact) mass is 316 g/mol. The van der Waals surface area contributed by atoms with E-state index in [2.05, 4.69) is 22.1 Å². The van der Waals surface area contributed by atoms with E-state index in [1.807, 2.05) is 17.0 Å². The van der Waals surface area contributed by atoms with Crippen molar-refractivity contribution in [2.75, 3.05) is 32.7 Å². The molecule has 0 radical (unpaired) electrons. The predicted molar refractivity (Wildman–Crippen MR) is 86.4 cm³/mol. The van der Waals surface area contributed by atoms with E-state index in [0.717, 1.165) is 38.3 Å². The first-order chi connectivity index (χ1) is 11.2. The van der Waals surface area contributed by atoms with Crippen molar-refractivity contribution >= 4 is 11.8 Å². The Balaban J connectivity index is 1.56. The van der Waals surface area contributed by atoms with Crippen molar-refractivity contribution in [1.82, 2.24) is 20.1 Å². The molecule has 0 bridgehead atoms. The molecule has 1 saturated heterocycles. The van der Waals surface area contributed by atoms with Crippen molar-refractivity contribution < 1.29 is 9.59 Å². The maximum Gasteiger partial charge on any atom is 0.238 e. The molecule has 3 rings (SSSR count). The minimum atomic E-state index is -0.809. The van der Waals surface area contributed by atoms with E-state index in [9.17, 15) is 9.59 Å². The SMILES string of the molecule is CCN1CCN(C(=O)C2(C(=O)NCc3cccnc3)CC2)CC1. The fraction of sp³-hybridized carbons (Fsp3) is 0.588. The third kappa shape index (κ3) is 3.37. The van der Waals surface area contributed by atoms with E-state index >= 15 is 0 Å². The zero-order valence-electron chi connectivity index (χ0n) is 13.6. The molecule has 2 amide bonds. The van der Waals surface area contributed by atoms with Crippen molar-refractivity contribution in [2.45, 2.75) is 26.3 Å². The van der Waals surface area contributed by atoms with Crippen LogP contribution in [-0.4, -0.2) is 59.3 Å². The van der Waals surface area contributed by atoms with Crippen LogP contribution in [0.15, 0.2) is 24.5 Å². The van der Waals surface area contributed by atoms with Crippen LogP contribution in [0.5, 0.6) is 0 Å². The van der Waals surface area contributed by atoms with E-state index in [1.54, 1.807) is 12.4 Å². The fourth-order valence-corrected chi connectivity index (χ4v) is 3.09. The van der Waals surface area contributed by atoms with Gasteiger partial charge in [0.25, 0.3) is 0 Å². The number of rotatable bonds is 5. The van der Waals surface area contributed by atoms with Crippen LogP contribution in [0.4, 0.5) is 0 Å². The van der Waals surface area contributed by atoms with E-state index in [1.165, 1.54) is 0 Å². The summed E-state index contributed by atoms with van der Waals surface area (Å²) < 4.78 is 0. The molecule has 23 heavy (non-hydrogen) atoms. The molecule has 1 aliphatic heterocycles. The molecule has 1 saturated carbocycles. The first-order valence-electron chi connectivity index (χ1n) is 8.34. The number of likely N-dealkylation sites (N-methyl/N-ethyl adjacent to an activating group) is 1. The summed E-state index contributed by atoms with van der Waals surface area (Å²) in [5.41, 5.74) is 0.136. The van der Waals surface area contributed by atoms with Gasteiger partial charge in [-0.1, -0.05) is 13.0 Å². The molecule has 2 heterocycles. The highest BCUT2D eigenvalue weighted by atomic mass is 16.2. The number of nitrogens with zero attached hydrogens (tertiary/aromatic N) is 3. The van der Waals surface area contributed by atoms with Gasteiger partial charge in [-0.3, -0.25) is 14.6 Å². The minimum absolute atomic E-state index is 0.0111. The van der Waals surface area contributed by atoms with Crippen molar-refractivity contribution in [2.24, 2.45) is 5.41 Å². The first kappa shape index (κ1) is 15.9. The second-order valence-electron chi connectivity index (χ2n) is 6.35. The summed E-state index contributed by atoms with van der Waals surface area (Å²) in [4.78, 5) is 33.5. The van der Waals surface area contributed by atoms with Crippen molar-refractivity contribution in [3.8, 4) is 0 Å². The topological polar surface area (TPSA) is 65.5 Å². The third-order valence-corrected chi connectivity index (χ3v) is 4.88. The largest absolute Gasteiger partial charge is 0.351 e. The molecule has 1 aliphatic carbocycles. The Morgan fingerprint density at radius 1 is 1.26 bits per heavy atom. The van der Waals surface area contributed by atoms with Crippen LogP contribution in [0.3, 0.4) is 0 Å². The lowest BCUT2D eigenvalue weighted by Gasteiger charge is -2.35. The van der Waals surface area contributed by atoms with Crippen LogP contribution in [0.25, 0.3) is 0 Å². The maximum atomic E-state index is 12.8. The summed E-state index contributed by atoms with van der Waals surface area (Å²) in [5, 5.41) is 2.90. The summed E-state index contributed by atoms with van der Waals surface area (Å²) in [7, 11) is 0. The molecule has 124 valence electrons. The number of carbonyl (C=O) groups excluding carboxylic acids is 2. The highest BCUT2D eigenvalue weighted by molar-refractivity contribution is 6.07. The lowest BCUT2D eigenvalue weighted by molar-refractivity contribution is -0.145. The van der Waals surface area contributed by atoms with Gasteiger partial charge < -0.3 is 15.1 Å². The molecule has 6 nitrogen and oxygen atoms in total. The van der Waals surface area contributed by atoms with Crippen LogP contribution in [0.2, 0.25) is 0 Å². The highest BCUT2D eigenvalue weighted by Gasteiger charge is 2.58. The second-order valence-corrected chi connectivity index (χ2v) is 6.35. The van der Waals surface area contributed by atoms with Gasteiger partial charge in [0.15, 0.2) is 0 Å².